The SMILES string of the molecule is CO[C@H]1[C@@H]2C[C@@H]3[C@H]1[C@](O)(C[C@@H]2OC)[C@@]1(O)C2N=C[C@]4(COC(=O)c5ccccc5N5C(=O)C[C@H](C)C5=O)CC[C@H](OC)[C@@]23[C@@H]4[C@@H]1OC. The predicted octanol–water partition coefficient (Wildman–Crippen LogP) is 1.78. The minimum Gasteiger partial charge on any atom is -0.461 e. The van der Waals surface area contributed by atoms with Gasteiger partial charge in [-0.2, -0.15) is 0 Å². The number of aliphatic imine (C=N–C) groups is 1. The molecule has 7 aliphatic rings. The number of esters is 1. The number of nitrogens with zero attached hydrogens (tertiary/aromatic N) is 2. The molecule has 5 aliphatic carbocycles. The van der Waals surface area contributed by atoms with Crippen LogP contribution < -0.4 is 4.90 Å². The summed E-state index contributed by atoms with van der Waals surface area (Å²) in [4.78, 5) is 45.7. The van der Waals surface area contributed by atoms with Gasteiger partial charge in [0.2, 0.25) is 11.8 Å². The number of ether oxygens (including phenoxy) is 5. The highest BCUT2D eigenvalue weighted by molar-refractivity contribution is 6.22. The number of carbonyl (C=O) groups is 3. The van der Waals surface area contributed by atoms with E-state index in [9.17, 15) is 24.6 Å². The van der Waals surface area contributed by atoms with Gasteiger partial charge in [-0.25, -0.2) is 9.69 Å². The second-order valence-electron chi connectivity index (χ2n) is 15.0. The van der Waals surface area contributed by atoms with Crippen LogP contribution in [0.4, 0.5) is 5.69 Å². The van der Waals surface area contributed by atoms with Gasteiger partial charge in [-0.3, -0.25) is 14.6 Å². The molecule has 0 radical (unpaired) electrons. The zero-order valence-electron chi connectivity index (χ0n) is 27.5. The summed E-state index contributed by atoms with van der Waals surface area (Å²) in [6.45, 7) is 1.63. The summed E-state index contributed by atoms with van der Waals surface area (Å²) in [5, 5.41) is 25.9. The van der Waals surface area contributed by atoms with E-state index in [4.69, 9.17) is 28.7 Å². The maximum absolute atomic E-state index is 13.9. The summed E-state index contributed by atoms with van der Waals surface area (Å²) in [6, 6.07) is 5.78. The number of imide groups is 1. The van der Waals surface area contributed by atoms with Crippen LogP contribution in [0.15, 0.2) is 29.3 Å². The second-order valence-corrected chi connectivity index (χ2v) is 15.0. The summed E-state index contributed by atoms with van der Waals surface area (Å²) in [5.41, 5.74) is -4.67. The maximum Gasteiger partial charge on any atom is 0.340 e. The first-order valence-electron chi connectivity index (χ1n) is 16.7. The Morgan fingerprint density at radius 2 is 1.83 bits per heavy atom. The number of anilines is 1. The van der Waals surface area contributed by atoms with Gasteiger partial charge in [0.15, 0.2) is 0 Å². The van der Waals surface area contributed by atoms with Gasteiger partial charge in [-0.05, 0) is 37.3 Å². The predicted molar refractivity (Wildman–Crippen MR) is 166 cm³/mol. The summed E-state index contributed by atoms with van der Waals surface area (Å²) >= 11 is 0. The number of rotatable bonds is 8. The van der Waals surface area contributed by atoms with Crippen LogP contribution in [-0.4, -0.2) is 111 Å². The van der Waals surface area contributed by atoms with Gasteiger partial charge in [0.05, 0.1) is 41.7 Å². The molecule has 12 heteroatoms. The van der Waals surface area contributed by atoms with Crippen LogP contribution in [0.2, 0.25) is 0 Å². The molecule has 6 fully saturated rings. The fraction of sp³-hybridized carbons (Fsp3) is 0.714. The first kappa shape index (κ1) is 31.5. The van der Waals surface area contributed by atoms with E-state index in [2.05, 4.69) is 0 Å². The minimum absolute atomic E-state index is 0.0187. The van der Waals surface area contributed by atoms with Gasteiger partial charge < -0.3 is 33.9 Å². The van der Waals surface area contributed by atoms with Crippen LogP contribution in [0.5, 0.6) is 0 Å². The molecule has 5 saturated carbocycles. The van der Waals surface area contributed by atoms with E-state index in [-0.39, 0.29) is 72.7 Å². The van der Waals surface area contributed by atoms with Crippen molar-refractivity contribution in [1.82, 2.24) is 0 Å². The average molecular weight is 653 g/mol. The van der Waals surface area contributed by atoms with Crippen LogP contribution in [0.1, 0.15) is 49.4 Å². The third-order valence-electron chi connectivity index (χ3n) is 13.6. The second kappa shape index (κ2) is 10.4. The molecule has 1 aromatic rings. The molecule has 2 N–H and O–H groups in total. The molecule has 2 amide bonds. The molecule has 12 nitrogen and oxygen atoms in total. The van der Waals surface area contributed by atoms with Gasteiger partial charge in [0, 0.05) is 82.0 Å². The van der Waals surface area contributed by atoms with Gasteiger partial charge in [0.25, 0.3) is 0 Å². The van der Waals surface area contributed by atoms with Crippen molar-refractivity contribution >= 4 is 29.7 Å². The lowest BCUT2D eigenvalue weighted by Crippen LogP contribution is -2.77. The highest BCUT2D eigenvalue weighted by Crippen LogP contribution is 2.79. The summed E-state index contributed by atoms with van der Waals surface area (Å²) in [5.74, 6) is -2.77. The first-order chi connectivity index (χ1) is 22.5. The quantitative estimate of drug-likeness (QED) is 0.314. The average Bonchev–Trinajstić information content (AvgIpc) is 3.58. The third kappa shape index (κ3) is 3.54. The van der Waals surface area contributed by atoms with E-state index in [1.54, 1.807) is 59.6 Å². The van der Waals surface area contributed by atoms with E-state index in [1.165, 1.54) is 0 Å². The highest BCUT2D eigenvalue weighted by atomic mass is 16.5. The highest BCUT2D eigenvalue weighted by Gasteiger charge is 2.90. The van der Waals surface area contributed by atoms with E-state index < -0.39 is 57.9 Å². The van der Waals surface area contributed by atoms with Crippen LogP contribution in [0.25, 0.3) is 0 Å². The zero-order valence-corrected chi connectivity index (χ0v) is 27.5. The lowest BCUT2D eigenvalue weighted by atomic mass is 9.44. The van der Waals surface area contributed by atoms with Crippen LogP contribution >= 0.6 is 0 Å². The fourth-order valence-electron chi connectivity index (χ4n) is 12.1. The summed E-state index contributed by atoms with van der Waals surface area (Å²) in [6.07, 6.45) is 2.21. The Hall–Kier alpha value is -2.74. The van der Waals surface area contributed by atoms with Crippen molar-refractivity contribution < 1.29 is 48.3 Å². The van der Waals surface area contributed by atoms with Gasteiger partial charge in [-0.1, -0.05) is 19.1 Å². The largest absolute Gasteiger partial charge is 0.461 e. The number of carbonyl (C=O) groups excluding carboxylic acids is 3. The molecule has 7 bridgehead atoms. The smallest absolute Gasteiger partial charge is 0.340 e. The summed E-state index contributed by atoms with van der Waals surface area (Å²) in [7, 11) is 6.54. The van der Waals surface area contributed by atoms with Crippen molar-refractivity contribution in [3.8, 4) is 0 Å². The molecule has 1 saturated heterocycles. The molecule has 1 aromatic carbocycles. The first-order valence-corrected chi connectivity index (χ1v) is 16.7. The molecule has 1 spiro atoms. The number of para-hydroxylation sites is 1. The maximum atomic E-state index is 13.9. The Morgan fingerprint density at radius 3 is 2.49 bits per heavy atom. The molecular weight excluding hydrogens is 608 g/mol. The number of methoxy groups -OCH3 is 4. The normalized spacial score (nSPS) is 48.7. The van der Waals surface area contributed by atoms with E-state index in [0.29, 0.717) is 19.3 Å². The molecular formula is C35H44N2O10. The molecule has 1 unspecified atom stereocenters. The molecule has 47 heavy (non-hydrogen) atoms. The summed E-state index contributed by atoms with van der Waals surface area (Å²) < 4.78 is 30.8. The molecule has 0 aromatic heterocycles. The molecule has 8 rings (SSSR count). The van der Waals surface area contributed by atoms with Crippen molar-refractivity contribution in [2.75, 3.05) is 39.9 Å². The van der Waals surface area contributed by atoms with E-state index in [0.717, 1.165) is 4.90 Å². The van der Waals surface area contributed by atoms with Crippen molar-refractivity contribution in [3.63, 3.8) is 0 Å². The van der Waals surface area contributed by atoms with Crippen molar-refractivity contribution in [2.24, 2.45) is 45.4 Å². The lowest BCUT2D eigenvalue weighted by Gasteiger charge is -2.65. The van der Waals surface area contributed by atoms with Crippen molar-refractivity contribution in [2.45, 2.75) is 80.7 Å². The number of hydrogen-bond donors (Lipinski definition) is 2. The number of hydrogen-bond acceptors (Lipinski definition) is 11. The minimum atomic E-state index is -1.79. The molecule has 254 valence electrons. The molecule has 2 aliphatic heterocycles. The van der Waals surface area contributed by atoms with Gasteiger partial charge in [-0.15, -0.1) is 0 Å². The third-order valence-corrected chi connectivity index (χ3v) is 13.6. The number of fused-ring (bicyclic) bond motifs is 2. The Kier molecular flexibility index (Phi) is 6.96. The fourth-order valence-corrected chi connectivity index (χ4v) is 12.1. The number of aliphatic hydroxyl groups is 2. The van der Waals surface area contributed by atoms with Crippen molar-refractivity contribution in [1.29, 1.82) is 0 Å². The molecule has 2 heterocycles. The Labute approximate surface area is 273 Å². The van der Waals surface area contributed by atoms with Crippen LogP contribution in [0.3, 0.4) is 0 Å². The van der Waals surface area contributed by atoms with E-state index >= 15 is 0 Å². The van der Waals surface area contributed by atoms with Crippen molar-refractivity contribution in [3.05, 3.63) is 29.8 Å². The van der Waals surface area contributed by atoms with Crippen LogP contribution in [-0.2, 0) is 33.3 Å². The van der Waals surface area contributed by atoms with Gasteiger partial charge >= 0.3 is 5.97 Å². The zero-order chi connectivity index (χ0) is 33.3. The monoisotopic (exact) mass is 652 g/mol. The Balaban J connectivity index is 1.20. The Morgan fingerprint density at radius 1 is 1.06 bits per heavy atom. The molecule has 14 atom stereocenters. The number of amides is 2. The standard InChI is InChI=1S/C35H44N2O10/c1-17-12-24(38)37(29(17)39)21-9-7-6-8-18(21)30(40)47-16-32-11-10-23(44-3)34-20-13-19-22(43-2)14-33(41,25(20)26(19)45-4)35(42,31(34)36-15-32)28(46-5)27(32)34/h6-9,15,17,19-20,22-23,25-28,31,41-42H,10-14,16H2,1-5H3/t17-,19+,20+,22-,23-,25+,26-,27+,28-,31?,32-,33+,34-,35-/m0/s1. The number of benzene rings is 1. The van der Waals surface area contributed by atoms with Crippen LogP contribution in [0, 0.1) is 40.4 Å². The lowest BCUT2D eigenvalue weighted by molar-refractivity contribution is -0.293. The Bertz CT molecular complexity index is 1550. The topological polar surface area (TPSA) is 153 Å². The van der Waals surface area contributed by atoms with Gasteiger partial charge in [0.1, 0.15) is 17.8 Å². The van der Waals surface area contributed by atoms with E-state index in [1.807, 2.05) is 6.21 Å².